The van der Waals surface area contributed by atoms with Gasteiger partial charge in [0.05, 0.1) is 19.8 Å². The van der Waals surface area contributed by atoms with Crippen LogP contribution in [0, 0.1) is 0 Å². The third-order valence-electron chi connectivity index (χ3n) is 1.79. The molecule has 0 rings (SSSR count). The van der Waals surface area contributed by atoms with E-state index in [1.807, 2.05) is 0 Å². The third-order valence-corrected chi connectivity index (χ3v) is 1.79. The van der Waals surface area contributed by atoms with E-state index in [-0.39, 0.29) is 19.8 Å². The second-order valence-corrected chi connectivity index (χ2v) is 3.85. The molecule has 0 amide bonds. The topological polar surface area (TPSA) is 102 Å². The predicted molar refractivity (Wildman–Crippen MR) is 76.5 cm³/mol. The van der Waals surface area contributed by atoms with Crippen LogP contribution in [0.1, 0.15) is 13.8 Å². The van der Waals surface area contributed by atoms with E-state index >= 15 is 0 Å². The molecule has 0 aliphatic carbocycles. The molecule has 2 N–H and O–H groups in total. The SMILES string of the molecule is C=CC(COC(C)=O)OC(C)=O.C=CCOCC(O)CO. The van der Waals surface area contributed by atoms with Crippen LogP contribution >= 0.6 is 0 Å². The number of hydrogen-bond acceptors (Lipinski definition) is 7. The Balaban J connectivity index is 0. The number of ether oxygens (including phenoxy) is 3. The lowest BCUT2D eigenvalue weighted by molar-refractivity contribution is -0.153. The minimum absolute atomic E-state index is 0.0262. The van der Waals surface area contributed by atoms with Crippen LogP contribution in [0.15, 0.2) is 25.3 Å². The van der Waals surface area contributed by atoms with Gasteiger partial charge in [0.1, 0.15) is 12.7 Å². The summed E-state index contributed by atoms with van der Waals surface area (Å²) >= 11 is 0. The van der Waals surface area contributed by atoms with Gasteiger partial charge in [-0.15, -0.1) is 6.58 Å². The summed E-state index contributed by atoms with van der Waals surface area (Å²) in [6, 6.07) is 0. The second-order valence-electron chi connectivity index (χ2n) is 3.85. The van der Waals surface area contributed by atoms with Gasteiger partial charge in [-0.05, 0) is 6.08 Å². The summed E-state index contributed by atoms with van der Waals surface area (Å²) in [7, 11) is 0. The van der Waals surface area contributed by atoms with Crippen molar-refractivity contribution in [2.45, 2.75) is 26.1 Å². The number of aliphatic hydroxyl groups excluding tert-OH is 2. The van der Waals surface area contributed by atoms with Gasteiger partial charge in [-0.2, -0.15) is 0 Å². The minimum atomic E-state index is -0.759. The fourth-order valence-electron chi connectivity index (χ4n) is 0.903. The Kier molecular flexibility index (Phi) is 15.1. The van der Waals surface area contributed by atoms with Crippen molar-refractivity contribution in [3.05, 3.63) is 25.3 Å². The smallest absolute Gasteiger partial charge is 0.303 e. The summed E-state index contributed by atoms with van der Waals surface area (Å²) in [4.78, 5) is 20.8. The first kappa shape index (κ1) is 21.6. The summed E-state index contributed by atoms with van der Waals surface area (Å²) in [6.45, 7) is 9.76. The van der Waals surface area contributed by atoms with Gasteiger partial charge in [-0.25, -0.2) is 0 Å². The van der Waals surface area contributed by atoms with Gasteiger partial charge in [0, 0.05) is 13.8 Å². The largest absolute Gasteiger partial charge is 0.462 e. The quantitative estimate of drug-likeness (QED) is 0.356. The van der Waals surface area contributed by atoms with Crippen molar-refractivity contribution in [1.29, 1.82) is 0 Å². The molecule has 0 aromatic carbocycles. The number of hydrogen-bond donors (Lipinski definition) is 2. The Morgan fingerprint density at radius 3 is 2.19 bits per heavy atom. The van der Waals surface area contributed by atoms with Crippen molar-refractivity contribution < 1.29 is 34.0 Å². The molecule has 2 unspecified atom stereocenters. The maximum absolute atomic E-state index is 10.4. The van der Waals surface area contributed by atoms with E-state index in [1.54, 1.807) is 6.08 Å². The molecule has 0 saturated carbocycles. The molecule has 0 aromatic rings. The number of esters is 2. The summed E-state index contributed by atoms with van der Waals surface area (Å²) in [5.74, 6) is -0.832. The molecular formula is C14H24O7. The van der Waals surface area contributed by atoms with Crippen molar-refractivity contribution in [2.24, 2.45) is 0 Å². The number of rotatable bonds is 9. The number of carbonyl (C=O) groups excluding carboxylic acids is 2. The van der Waals surface area contributed by atoms with Crippen LogP contribution in [0.4, 0.5) is 0 Å². The molecule has 0 fully saturated rings. The van der Waals surface area contributed by atoms with Crippen molar-refractivity contribution >= 4 is 11.9 Å². The lowest BCUT2D eigenvalue weighted by atomic mass is 10.4. The van der Waals surface area contributed by atoms with Gasteiger partial charge < -0.3 is 24.4 Å². The molecular weight excluding hydrogens is 280 g/mol. The lowest BCUT2D eigenvalue weighted by Crippen LogP contribution is -2.21. The van der Waals surface area contributed by atoms with Gasteiger partial charge in [-0.3, -0.25) is 9.59 Å². The number of carbonyl (C=O) groups is 2. The summed E-state index contributed by atoms with van der Waals surface area (Å²) < 4.78 is 14.1. The molecule has 2 atom stereocenters. The van der Waals surface area contributed by atoms with Crippen molar-refractivity contribution in [2.75, 3.05) is 26.4 Å². The van der Waals surface area contributed by atoms with Crippen LogP contribution in [0.3, 0.4) is 0 Å². The first-order valence-electron chi connectivity index (χ1n) is 6.28. The van der Waals surface area contributed by atoms with Crippen LogP contribution < -0.4 is 0 Å². The van der Waals surface area contributed by atoms with E-state index in [4.69, 9.17) is 19.7 Å². The first-order chi connectivity index (χ1) is 9.87. The van der Waals surface area contributed by atoms with Crippen LogP contribution in [-0.2, 0) is 23.8 Å². The van der Waals surface area contributed by atoms with E-state index in [0.29, 0.717) is 6.61 Å². The molecule has 7 nitrogen and oxygen atoms in total. The third kappa shape index (κ3) is 18.3. The zero-order valence-electron chi connectivity index (χ0n) is 12.5. The molecule has 0 aromatic heterocycles. The zero-order chi connectivity index (χ0) is 16.7. The Morgan fingerprint density at radius 1 is 1.19 bits per heavy atom. The standard InChI is InChI=1S/C8H12O4.C6H12O3/c1-4-8(12-7(3)10)5-11-6(2)9;1-2-3-9-5-6(8)4-7/h4,8H,1,5H2,2-3H3;2,6-8H,1,3-5H2. The van der Waals surface area contributed by atoms with E-state index in [9.17, 15) is 9.59 Å². The van der Waals surface area contributed by atoms with Crippen molar-refractivity contribution in [1.82, 2.24) is 0 Å². The van der Waals surface area contributed by atoms with Gasteiger partial charge in [0.15, 0.2) is 6.10 Å². The van der Waals surface area contributed by atoms with Crippen LogP contribution in [0.2, 0.25) is 0 Å². The van der Waals surface area contributed by atoms with E-state index in [2.05, 4.69) is 17.9 Å². The molecule has 0 aliphatic heterocycles. The minimum Gasteiger partial charge on any atom is -0.462 e. The summed E-state index contributed by atoms with van der Waals surface area (Å²) in [5.41, 5.74) is 0. The van der Waals surface area contributed by atoms with Gasteiger partial charge in [0.25, 0.3) is 0 Å². The lowest BCUT2D eigenvalue weighted by Gasteiger charge is -2.11. The number of aliphatic hydroxyl groups is 2. The van der Waals surface area contributed by atoms with Crippen LogP contribution in [0.25, 0.3) is 0 Å². The molecule has 0 spiro atoms. The Labute approximate surface area is 124 Å². The Morgan fingerprint density at radius 2 is 1.81 bits per heavy atom. The predicted octanol–water partition coefficient (Wildman–Crippen LogP) is 0.209. The van der Waals surface area contributed by atoms with E-state index in [1.165, 1.54) is 19.9 Å². The first-order valence-corrected chi connectivity index (χ1v) is 6.28. The highest BCUT2D eigenvalue weighted by Crippen LogP contribution is 1.95. The molecule has 0 aliphatic rings. The highest BCUT2D eigenvalue weighted by Gasteiger charge is 2.08. The summed E-state index contributed by atoms with van der Waals surface area (Å²) in [5, 5.41) is 17.0. The highest BCUT2D eigenvalue weighted by molar-refractivity contribution is 5.67. The van der Waals surface area contributed by atoms with E-state index < -0.39 is 24.1 Å². The summed E-state index contributed by atoms with van der Waals surface area (Å²) in [6.07, 6.45) is 1.69. The van der Waals surface area contributed by atoms with Crippen LogP contribution in [-0.4, -0.2) is 60.8 Å². The molecule has 0 bridgehead atoms. The molecule has 0 saturated heterocycles. The maximum Gasteiger partial charge on any atom is 0.303 e. The molecule has 122 valence electrons. The second kappa shape index (κ2) is 14.7. The highest BCUT2D eigenvalue weighted by atomic mass is 16.6. The molecule has 21 heavy (non-hydrogen) atoms. The van der Waals surface area contributed by atoms with Gasteiger partial charge in [-0.1, -0.05) is 12.7 Å². The Hall–Kier alpha value is -1.70. The van der Waals surface area contributed by atoms with Crippen molar-refractivity contribution in [3.8, 4) is 0 Å². The zero-order valence-corrected chi connectivity index (χ0v) is 12.5. The average Bonchev–Trinajstić information content (AvgIpc) is 2.43. The fraction of sp³-hybridized carbons (Fsp3) is 0.571. The van der Waals surface area contributed by atoms with Gasteiger partial charge in [0.2, 0.25) is 0 Å². The normalized spacial score (nSPS) is 12.2. The van der Waals surface area contributed by atoms with Crippen molar-refractivity contribution in [3.63, 3.8) is 0 Å². The molecule has 7 heteroatoms. The average molecular weight is 304 g/mol. The molecule has 0 radical (unpaired) electrons. The van der Waals surface area contributed by atoms with Gasteiger partial charge >= 0.3 is 11.9 Å². The van der Waals surface area contributed by atoms with Crippen LogP contribution in [0.5, 0.6) is 0 Å². The maximum atomic E-state index is 10.4. The Bertz CT molecular complexity index is 314. The monoisotopic (exact) mass is 304 g/mol. The fourth-order valence-corrected chi connectivity index (χ4v) is 0.903. The molecule has 0 heterocycles. The van der Waals surface area contributed by atoms with E-state index in [0.717, 1.165) is 0 Å².